The van der Waals surface area contributed by atoms with E-state index < -0.39 is 0 Å². The van der Waals surface area contributed by atoms with Gasteiger partial charge in [0.25, 0.3) is 0 Å². The summed E-state index contributed by atoms with van der Waals surface area (Å²) in [6.45, 7) is 3.16. The van der Waals surface area contributed by atoms with E-state index in [1.807, 2.05) is 25.3 Å². The maximum Gasteiger partial charge on any atom is 0.0927 e. The summed E-state index contributed by atoms with van der Waals surface area (Å²) in [4.78, 5) is 9.09. The Bertz CT molecular complexity index is 208. The highest BCUT2D eigenvalue weighted by atomic mass is 16.6. The lowest BCUT2D eigenvalue weighted by Crippen LogP contribution is -2.22. The number of nitrogens with one attached hydrogen (secondary N) is 2. The first-order valence-corrected chi connectivity index (χ1v) is 3.86. The van der Waals surface area contributed by atoms with E-state index in [0.29, 0.717) is 13.2 Å². The van der Waals surface area contributed by atoms with Crippen molar-refractivity contribution in [1.29, 1.82) is 0 Å². The molecule has 12 heavy (non-hydrogen) atoms. The molecule has 0 spiro atoms. The van der Waals surface area contributed by atoms with Gasteiger partial charge >= 0.3 is 0 Å². The smallest absolute Gasteiger partial charge is 0.0927 e. The molecule has 4 heteroatoms. The zero-order valence-corrected chi connectivity index (χ0v) is 7.08. The van der Waals surface area contributed by atoms with Crippen molar-refractivity contribution in [3.63, 3.8) is 0 Å². The number of rotatable bonds is 4. The summed E-state index contributed by atoms with van der Waals surface area (Å²) in [6, 6.07) is 0. The highest BCUT2D eigenvalue weighted by Gasteiger charge is 1.96. The van der Waals surface area contributed by atoms with Gasteiger partial charge in [-0.25, -0.2) is 0 Å². The van der Waals surface area contributed by atoms with Gasteiger partial charge in [0.15, 0.2) is 0 Å². The Labute approximate surface area is 72.0 Å². The molecule has 1 rings (SSSR count). The zero-order chi connectivity index (χ0) is 8.65. The van der Waals surface area contributed by atoms with Gasteiger partial charge in [-0.1, -0.05) is 12.2 Å². The standard InChI is InChI=1S/C8H13N3O/c1-2-3-4-12-11-8-5-9-7-10-6-8/h2-3,5,7,11H,4,6H2,1H3,(H,9,10). The van der Waals surface area contributed by atoms with Gasteiger partial charge < -0.3 is 5.32 Å². The van der Waals surface area contributed by atoms with Crippen molar-refractivity contribution in [2.75, 3.05) is 13.2 Å². The number of hydroxylamine groups is 1. The second-order valence-corrected chi connectivity index (χ2v) is 2.29. The molecular formula is C8H13N3O. The SMILES string of the molecule is CC=CCONC1=CNC=NC1. The van der Waals surface area contributed by atoms with Crippen LogP contribution in [0.4, 0.5) is 0 Å². The molecule has 0 saturated heterocycles. The molecule has 1 heterocycles. The molecule has 0 radical (unpaired) electrons. The summed E-state index contributed by atoms with van der Waals surface area (Å²) in [5.41, 5.74) is 3.72. The number of hydrogen-bond donors (Lipinski definition) is 2. The predicted molar refractivity (Wildman–Crippen MR) is 48.5 cm³/mol. The van der Waals surface area contributed by atoms with E-state index in [4.69, 9.17) is 4.84 Å². The van der Waals surface area contributed by atoms with E-state index in [0.717, 1.165) is 5.70 Å². The predicted octanol–water partition coefficient (Wildman–Crippen LogP) is 0.557. The minimum Gasteiger partial charge on any atom is -0.351 e. The molecule has 0 unspecified atom stereocenters. The minimum atomic E-state index is 0.567. The summed E-state index contributed by atoms with van der Waals surface area (Å²) in [7, 11) is 0. The van der Waals surface area contributed by atoms with Gasteiger partial charge in [0.1, 0.15) is 0 Å². The van der Waals surface area contributed by atoms with Gasteiger partial charge in [-0.3, -0.25) is 15.3 Å². The van der Waals surface area contributed by atoms with Gasteiger partial charge in [0.05, 0.1) is 25.2 Å². The highest BCUT2D eigenvalue weighted by Crippen LogP contribution is 1.91. The first-order valence-electron chi connectivity index (χ1n) is 3.86. The molecule has 66 valence electrons. The van der Waals surface area contributed by atoms with Crippen LogP contribution in [0.3, 0.4) is 0 Å². The lowest BCUT2D eigenvalue weighted by atomic mass is 10.4. The van der Waals surface area contributed by atoms with Crippen LogP contribution in [-0.4, -0.2) is 19.5 Å². The van der Waals surface area contributed by atoms with E-state index in [9.17, 15) is 0 Å². The molecule has 0 amide bonds. The molecule has 0 fully saturated rings. The maximum atomic E-state index is 5.09. The summed E-state index contributed by atoms with van der Waals surface area (Å²) in [5.74, 6) is 0. The van der Waals surface area contributed by atoms with E-state index in [1.54, 1.807) is 6.34 Å². The maximum absolute atomic E-state index is 5.09. The largest absolute Gasteiger partial charge is 0.351 e. The summed E-state index contributed by atoms with van der Waals surface area (Å²) in [6.07, 6.45) is 7.33. The second-order valence-electron chi connectivity index (χ2n) is 2.29. The van der Waals surface area contributed by atoms with Crippen LogP contribution in [0.25, 0.3) is 0 Å². The monoisotopic (exact) mass is 167 g/mol. The molecule has 1 aliphatic heterocycles. The topological polar surface area (TPSA) is 45.6 Å². The molecule has 0 bridgehead atoms. The van der Waals surface area contributed by atoms with Crippen LogP contribution in [-0.2, 0) is 4.84 Å². The molecule has 0 atom stereocenters. The molecule has 1 aliphatic rings. The lowest BCUT2D eigenvalue weighted by Gasteiger charge is -2.10. The number of hydrogen-bond acceptors (Lipinski definition) is 4. The summed E-state index contributed by atoms with van der Waals surface area (Å²) in [5, 5.41) is 2.86. The third-order valence-corrected chi connectivity index (χ3v) is 1.30. The Morgan fingerprint density at radius 2 is 2.75 bits per heavy atom. The van der Waals surface area contributed by atoms with Crippen LogP contribution < -0.4 is 10.8 Å². The lowest BCUT2D eigenvalue weighted by molar-refractivity contribution is 0.0847. The van der Waals surface area contributed by atoms with Crippen LogP contribution in [0, 0.1) is 0 Å². The number of allylic oxidation sites excluding steroid dienone is 1. The second kappa shape index (κ2) is 5.37. The molecule has 4 nitrogen and oxygen atoms in total. The Balaban J connectivity index is 2.10. The van der Waals surface area contributed by atoms with E-state index in [1.165, 1.54) is 0 Å². The van der Waals surface area contributed by atoms with Gasteiger partial charge in [-0.15, -0.1) is 0 Å². The molecule has 0 aromatic heterocycles. The third kappa shape index (κ3) is 3.21. The average Bonchev–Trinajstić information content (AvgIpc) is 2.14. The zero-order valence-electron chi connectivity index (χ0n) is 7.08. The van der Waals surface area contributed by atoms with E-state index >= 15 is 0 Å². The fraction of sp³-hybridized carbons (Fsp3) is 0.375. The first-order chi connectivity index (χ1) is 5.93. The first kappa shape index (κ1) is 8.80. The molecule has 0 aromatic rings. The normalized spacial score (nSPS) is 15.9. The third-order valence-electron chi connectivity index (χ3n) is 1.30. The van der Waals surface area contributed by atoms with Crippen LogP contribution in [0.1, 0.15) is 6.92 Å². The Morgan fingerprint density at radius 1 is 1.83 bits per heavy atom. The number of nitrogens with zero attached hydrogens (tertiary/aromatic N) is 1. The van der Waals surface area contributed by atoms with Gasteiger partial charge in [-0.2, -0.15) is 0 Å². The Morgan fingerprint density at radius 3 is 3.42 bits per heavy atom. The Hall–Kier alpha value is -1.29. The molecule has 0 aliphatic carbocycles. The van der Waals surface area contributed by atoms with Crippen LogP contribution in [0.15, 0.2) is 29.0 Å². The van der Waals surface area contributed by atoms with Gasteiger partial charge in [-0.05, 0) is 6.92 Å². The van der Waals surface area contributed by atoms with Gasteiger partial charge in [0, 0.05) is 6.20 Å². The van der Waals surface area contributed by atoms with Crippen molar-refractivity contribution < 1.29 is 4.84 Å². The number of aliphatic imine (C=N–C) groups is 1. The van der Waals surface area contributed by atoms with Crippen LogP contribution in [0.2, 0.25) is 0 Å². The molecule has 0 saturated carbocycles. The average molecular weight is 167 g/mol. The quantitative estimate of drug-likeness (QED) is 0.365. The molecule has 2 N–H and O–H groups in total. The molecule has 0 aromatic carbocycles. The van der Waals surface area contributed by atoms with E-state index in [-0.39, 0.29) is 0 Å². The summed E-state index contributed by atoms with van der Waals surface area (Å²) < 4.78 is 0. The summed E-state index contributed by atoms with van der Waals surface area (Å²) >= 11 is 0. The van der Waals surface area contributed by atoms with Crippen LogP contribution >= 0.6 is 0 Å². The fourth-order valence-electron chi connectivity index (χ4n) is 0.721. The van der Waals surface area contributed by atoms with Crippen LogP contribution in [0.5, 0.6) is 0 Å². The Kier molecular flexibility index (Phi) is 3.94. The minimum absolute atomic E-state index is 0.567. The van der Waals surface area contributed by atoms with Gasteiger partial charge in [0.2, 0.25) is 0 Å². The van der Waals surface area contributed by atoms with Crippen molar-refractivity contribution in [2.45, 2.75) is 6.92 Å². The van der Waals surface area contributed by atoms with Crippen molar-refractivity contribution in [3.05, 3.63) is 24.0 Å². The molecular weight excluding hydrogens is 154 g/mol. The fourth-order valence-corrected chi connectivity index (χ4v) is 0.721. The van der Waals surface area contributed by atoms with Crippen molar-refractivity contribution in [1.82, 2.24) is 10.8 Å². The van der Waals surface area contributed by atoms with Crippen molar-refractivity contribution in [2.24, 2.45) is 4.99 Å². The highest BCUT2D eigenvalue weighted by molar-refractivity contribution is 5.57. The van der Waals surface area contributed by atoms with Crippen molar-refractivity contribution in [3.8, 4) is 0 Å². The van der Waals surface area contributed by atoms with Crippen molar-refractivity contribution >= 4 is 6.34 Å². The van der Waals surface area contributed by atoms with E-state index in [2.05, 4.69) is 15.8 Å².